The number of hydrogen-bond acceptors (Lipinski definition) is 5. The second-order valence-corrected chi connectivity index (χ2v) is 9.76. The zero-order valence-corrected chi connectivity index (χ0v) is 22.9. The summed E-state index contributed by atoms with van der Waals surface area (Å²) in [6.07, 6.45) is 1.36. The monoisotopic (exact) mass is 602 g/mol. The Morgan fingerprint density at radius 2 is 1.76 bits per heavy atom. The molecule has 0 aliphatic carbocycles. The predicted molar refractivity (Wildman–Crippen MR) is 146 cm³/mol. The first-order valence-corrected chi connectivity index (χ1v) is 12.7. The van der Waals surface area contributed by atoms with Crippen LogP contribution in [0.3, 0.4) is 0 Å². The maximum atomic E-state index is 13.3. The first-order chi connectivity index (χ1) is 17.7. The molecule has 0 bridgehead atoms. The number of amides is 4. The summed E-state index contributed by atoms with van der Waals surface area (Å²) in [5.74, 6) is -0.942. The zero-order chi connectivity index (χ0) is 26.7. The summed E-state index contributed by atoms with van der Waals surface area (Å²) in [7, 11) is 0. The minimum Gasteiger partial charge on any atom is -0.490 e. The Morgan fingerprint density at radius 3 is 2.46 bits per heavy atom. The molecule has 1 aliphatic heterocycles. The van der Waals surface area contributed by atoms with Gasteiger partial charge in [0.2, 0.25) is 0 Å². The van der Waals surface area contributed by atoms with Gasteiger partial charge < -0.3 is 9.47 Å². The molecule has 190 valence electrons. The molecule has 1 N–H and O–H groups in total. The van der Waals surface area contributed by atoms with E-state index in [4.69, 9.17) is 32.7 Å². The Hall–Kier alpha value is -3.33. The van der Waals surface area contributed by atoms with Crippen molar-refractivity contribution in [2.45, 2.75) is 20.5 Å². The molecule has 3 aromatic carbocycles. The molecule has 1 saturated heterocycles. The van der Waals surface area contributed by atoms with Gasteiger partial charge in [-0.05, 0) is 67.4 Å². The van der Waals surface area contributed by atoms with E-state index in [1.165, 1.54) is 6.08 Å². The molecule has 0 saturated carbocycles. The average Bonchev–Trinajstić information content (AvgIpc) is 2.83. The first kappa shape index (κ1) is 26.7. The molecule has 10 heteroatoms. The van der Waals surface area contributed by atoms with Crippen LogP contribution in [0.1, 0.15) is 23.6 Å². The molecule has 0 unspecified atom stereocenters. The van der Waals surface area contributed by atoms with Crippen LogP contribution in [0.5, 0.6) is 11.5 Å². The normalized spacial score (nSPS) is 14.7. The van der Waals surface area contributed by atoms with Crippen molar-refractivity contribution in [2.75, 3.05) is 11.5 Å². The number of hydrogen-bond donors (Lipinski definition) is 1. The fourth-order valence-electron chi connectivity index (χ4n) is 3.75. The van der Waals surface area contributed by atoms with Crippen LogP contribution in [0.2, 0.25) is 10.0 Å². The molecule has 0 aromatic heterocycles. The van der Waals surface area contributed by atoms with Gasteiger partial charge in [-0.1, -0.05) is 57.3 Å². The molecular weight excluding hydrogens is 583 g/mol. The van der Waals surface area contributed by atoms with E-state index in [0.29, 0.717) is 39.9 Å². The van der Waals surface area contributed by atoms with Gasteiger partial charge in [0.25, 0.3) is 11.8 Å². The van der Waals surface area contributed by atoms with Gasteiger partial charge in [0, 0.05) is 15.1 Å². The van der Waals surface area contributed by atoms with Crippen molar-refractivity contribution in [3.05, 3.63) is 91.4 Å². The largest absolute Gasteiger partial charge is 0.490 e. The second kappa shape index (κ2) is 11.4. The number of ether oxygens (including phenoxy) is 2. The van der Waals surface area contributed by atoms with Crippen LogP contribution in [-0.4, -0.2) is 24.5 Å². The van der Waals surface area contributed by atoms with Crippen molar-refractivity contribution in [3.63, 3.8) is 0 Å². The van der Waals surface area contributed by atoms with Crippen molar-refractivity contribution in [3.8, 4) is 11.5 Å². The summed E-state index contributed by atoms with van der Waals surface area (Å²) >= 11 is 16.1. The number of rotatable bonds is 7. The quantitative estimate of drug-likeness (QED) is 0.240. The number of urea groups is 1. The summed E-state index contributed by atoms with van der Waals surface area (Å²) < 4.78 is 12.4. The van der Waals surface area contributed by atoms with Crippen LogP contribution in [0, 0.1) is 6.92 Å². The summed E-state index contributed by atoms with van der Waals surface area (Å²) in [5.41, 5.74) is 1.99. The third kappa shape index (κ3) is 5.82. The van der Waals surface area contributed by atoms with Crippen molar-refractivity contribution in [2.24, 2.45) is 0 Å². The van der Waals surface area contributed by atoms with Gasteiger partial charge in [-0.3, -0.25) is 14.9 Å². The molecule has 7 nitrogen and oxygen atoms in total. The number of barbiturate groups is 1. The Labute approximate surface area is 232 Å². The van der Waals surface area contributed by atoms with Crippen molar-refractivity contribution in [1.82, 2.24) is 5.32 Å². The van der Waals surface area contributed by atoms with E-state index in [0.717, 1.165) is 14.9 Å². The Bertz CT molecular complexity index is 1440. The smallest absolute Gasteiger partial charge is 0.335 e. The van der Waals surface area contributed by atoms with E-state index >= 15 is 0 Å². The first-order valence-electron chi connectivity index (χ1n) is 11.2. The van der Waals surface area contributed by atoms with E-state index in [-0.39, 0.29) is 17.2 Å². The maximum Gasteiger partial charge on any atom is 0.335 e. The van der Waals surface area contributed by atoms with E-state index < -0.39 is 17.8 Å². The molecule has 37 heavy (non-hydrogen) atoms. The summed E-state index contributed by atoms with van der Waals surface area (Å²) in [6, 6.07) is 14.7. The molecule has 1 heterocycles. The highest BCUT2D eigenvalue weighted by atomic mass is 79.9. The number of anilines is 1. The molecule has 0 spiro atoms. The van der Waals surface area contributed by atoms with Crippen LogP contribution in [0.4, 0.5) is 10.5 Å². The lowest BCUT2D eigenvalue weighted by Gasteiger charge is -2.27. The zero-order valence-electron chi connectivity index (χ0n) is 19.8. The summed E-state index contributed by atoms with van der Waals surface area (Å²) in [5, 5.41) is 2.99. The topological polar surface area (TPSA) is 84.9 Å². The number of carbonyl (C=O) groups excluding carboxylic acids is 3. The molecule has 3 aromatic rings. The average molecular weight is 604 g/mol. The van der Waals surface area contributed by atoms with Crippen LogP contribution < -0.4 is 19.7 Å². The number of imide groups is 2. The highest BCUT2D eigenvalue weighted by molar-refractivity contribution is 9.10. The van der Waals surface area contributed by atoms with Crippen LogP contribution in [0.15, 0.2) is 64.6 Å². The number of benzene rings is 3. The standard InChI is InChI=1S/C27H21BrCl2N2O5/c1-3-36-23-13-16(12-21(30)24(23)37-14-17-6-4-5-7-20(17)29)11-19-25(33)31-27(35)32(26(19)34)22-9-8-18(28)10-15(22)2/h4-13H,3,14H2,1-2H3,(H,31,33,35)/b19-11-. The molecule has 0 atom stereocenters. The summed E-state index contributed by atoms with van der Waals surface area (Å²) in [6.45, 7) is 4.04. The third-order valence-corrected chi connectivity index (χ3v) is 6.62. The molecule has 4 amide bonds. The lowest BCUT2D eigenvalue weighted by atomic mass is 10.1. The van der Waals surface area contributed by atoms with Crippen molar-refractivity contribution in [1.29, 1.82) is 0 Å². The van der Waals surface area contributed by atoms with Gasteiger partial charge in [-0.25, -0.2) is 9.69 Å². The molecule has 1 aliphatic rings. The van der Waals surface area contributed by atoms with E-state index in [9.17, 15) is 14.4 Å². The van der Waals surface area contributed by atoms with E-state index in [2.05, 4.69) is 21.2 Å². The van der Waals surface area contributed by atoms with Gasteiger partial charge in [0.15, 0.2) is 11.5 Å². The van der Waals surface area contributed by atoms with Gasteiger partial charge >= 0.3 is 6.03 Å². The minimum absolute atomic E-state index is 0.157. The number of carbonyl (C=O) groups is 3. The SMILES string of the molecule is CCOc1cc(/C=C2/C(=O)NC(=O)N(c3ccc(Br)cc3C)C2=O)cc(Cl)c1OCc1ccccc1Cl. The number of halogens is 3. The van der Waals surface area contributed by atoms with Crippen molar-refractivity contribution >= 4 is 68.7 Å². The predicted octanol–water partition coefficient (Wildman–Crippen LogP) is 6.71. The van der Waals surface area contributed by atoms with Gasteiger partial charge in [-0.15, -0.1) is 0 Å². The maximum absolute atomic E-state index is 13.3. The Morgan fingerprint density at radius 1 is 1.00 bits per heavy atom. The summed E-state index contributed by atoms with van der Waals surface area (Å²) in [4.78, 5) is 39.4. The number of nitrogens with one attached hydrogen (secondary N) is 1. The highest BCUT2D eigenvalue weighted by Gasteiger charge is 2.37. The number of nitrogens with zero attached hydrogens (tertiary/aromatic N) is 1. The van der Waals surface area contributed by atoms with E-state index in [1.807, 2.05) is 18.2 Å². The highest BCUT2D eigenvalue weighted by Crippen LogP contribution is 2.38. The van der Waals surface area contributed by atoms with E-state index in [1.54, 1.807) is 50.2 Å². The number of aryl methyl sites for hydroxylation is 1. The van der Waals surface area contributed by atoms with Gasteiger partial charge in [0.1, 0.15) is 12.2 Å². The van der Waals surface area contributed by atoms with Gasteiger partial charge in [-0.2, -0.15) is 0 Å². The Kier molecular flexibility index (Phi) is 8.22. The fraction of sp³-hybridized carbons (Fsp3) is 0.148. The molecular formula is C27H21BrCl2N2O5. The molecule has 4 rings (SSSR count). The van der Waals surface area contributed by atoms with Gasteiger partial charge in [0.05, 0.1) is 17.3 Å². The van der Waals surface area contributed by atoms with Crippen LogP contribution >= 0.6 is 39.1 Å². The minimum atomic E-state index is -0.825. The van der Waals surface area contributed by atoms with Crippen LogP contribution in [-0.2, 0) is 16.2 Å². The second-order valence-electron chi connectivity index (χ2n) is 8.03. The molecule has 1 fully saturated rings. The fourth-order valence-corrected chi connectivity index (χ4v) is 4.69. The van der Waals surface area contributed by atoms with Crippen LogP contribution in [0.25, 0.3) is 6.08 Å². The Balaban J connectivity index is 1.68. The molecule has 0 radical (unpaired) electrons. The lowest BCUT2D eigenvalue weighted by molar-refractivity contribution is -0.122. The lowest BCUT2D eigenvalue weighted by Crippen LogP contribution is -2.54. The third-order valence-electron chi connectivity index (χ3n) is 5.47. The van der Waals surface area contributed by atoms with Crippen molar-refractivity contribution < 1.29 is 23.9 Å².